The van der Waals surface area contributed by atoms with E-state index in [1.807, 2.05) is 24.9 Å². The third-order valence-electron chi connectivity index (χ3n) is 3.56. The number of ether oxygens (including phenoxy) is 1. The Morgan fingerprint density at radius 2 is 2.29 bits per heavy atom. The van der Waals surface area contributed by atoms with Crippen LogP contribution in [0.2, 0.25) is 0 Å². The minimum atomic E-state index is -0.142. The molecule has 0 bridgehead atoms. The van der Waals surface area contributed by atoms with Gasteiger partial charge in [0.1, 0.15) is 4.32 Å². The molecule has 0 radical (unpaired) electrons. The highest BCUT2D eigenvalue weighted by molar-refractivity contribution is 8.26. The number of thiocarbonyl (C=S) groups is 1. The van der Waals surface area contributed by atoms with Gasteiger partial charge in [0.15, 0.2) is 0 Å². The Labute approximate surface area is 134 Å². The summed E-state index contributed by atoms with van der Waals surface area (Å²) in [6, 6.07) is 0. The largest absolute Gasteiger partial charge is 0.466 e. The van der Waals surface area contributed by atoms with Crippen molar-refractivity contribution in [3.63, 3.8) is 0 Å². The molecule has 7 heteroatoms. The number of thioether (sulfide) groups is 1. The molecule has 0 N–H and O–H groups in total. The fraction of sp³-hybridized carbons (Fsp3) is 0.643. The molecule has 2 aliphatic rings. The number of esters is 1. The Balaban J connectivity index is 2.02. The number of hydrogen-bond donors (Lipinski definition) is 0. The Morgan fingerprint density at radius 1 is 1.52 bits per heavy atom. The molecule has 2 fully saturated rings. The van der Waals surface area contributed by atoms with Crippen molar-refractivity contribution in [3.8, 4) is 0 Å². The van der Waals surface area contributed by atoms with Crippen LogP contribution in [0.4, 0.5) is 0 Å². The summed E-state index contributed by atoms with van der Waals surface area (Å²) in [5.74, 6) is -0.284. The monoisotopic (exact) mass is 328 g/mol. The van der Waals surface area contributed by atoms with E-state index in [-0.39, 0.29) is 17.8 Å². The van der Waals surface area contributed by atoms with Crippen molar-refractivity contribution in [1.82, 2.24) is 9.80 Å². The van der Waals surface area contributed by atoms with E-state index in [1.54, 1.807) is 4.90 Å². The summed E-state index contributed by atoms with van der Waals surface area (Å²) in [7, 11) is 0. The Bertz CT molecular complexity index is 479. The van der Waals surface area contributed by atoms with Gasteiger partial charge in [0.2, 0.25) is 0 Å². The van der Waals surface area contributed by atoms with E-state index < -0.39 is 0 Å². The summed E-state index contributed by atoms with van der Waals surface area (Å²) in [4.78, 5) is 28.3. The molecule has 1 amide bonds. The van der Waals surface area contributed by atoms with Gasteiger partial charge >= 0.3 is 5.97 Å². The first-order chi connectivity index (χ1) is 10.1. The normalized spacial score (nSPS) is 24.9. The molecule has 0 aliphatic carbocycles. The lowest BCUT2D eigenvalue weighted by Gasteiger charge is -2.30. The minimum Gasteiger partial charge on any atom is -0.466 e. The van der Waals surface area contributed by atoms with Crippen molar-refractivity contribution < 1.29 is 14.3 Å². The van der Waals surface area contributed by atoms with Gasteiger partial charge < -0.3 is 9.64 Å². The van der Waals surface area contributed by atoms with Gasteiger partial charge in [-0.25, -0.2) is 0 Å². The number of carbonyl (C=O) groups excluding carboxylic acids is 2. The van der Waals surface area contributed by atoms with Gasteiger partial charge in [0, 0.05) is 25.8 Å². The average molecular weight is 328 g/mol. The Morgan fingerprint density at radius 3 is 2.90 bits per heavy atom. The van der Waals surface area contributed by atoms with E-state index in [4.69, 9.17) is 17.0 Å². The van der Waals surface area contributed by atoms with Gasteiger partial charge in [-0.15, -0.1) is 0 Å². The SMILES string of the molecule is CCOC(=O)[C@H]1CCCN(/C=C2/SC(=S)N(CC)C2=O)C1. The van der Waals surface area contributed by atoms with Crippen LogP contribution in [-0.4, -0.2) is 52.2 Å². The van der Waals surface area contributed by atoms with Gasteiger partial charge in [-0.1, -0.05) is 24.0 Å². The predicted molar refractivity (Wildman–Crippen MR) is 86.6 cm³/mol. The topological polar surface area (TPSA) is 49.9 Å². The third kappa shape index (κ3) is 3.77. The molecule has 2 heterocycles. The maximum atomic E-state index is 12.2. The summed E-state index contributed by atoms with van der Waals surface area (Å²) in [6.07, 6.45) is 3.62. The van der Waals surface area contributed by atoms with E-state index in [9.17, 15) is 9.59 Å². The number of likely N-dealkylation sites (tertiary alicyclic amines) is 1. The molecule has 2 rings (SSSR count). The molecule has 2 saturated heterocycles. The second-order valence-corrected chi connectivity index (χ2v) is 6.67. The first-order valence-electron chi connectivity index (χ1n) is 7.23. The van der Waals surface area contributed by atoms with E-state index in [0.29, 0.717) is 28.9 Å². The Kier molecular flexibility index (Phi) is 5.64. The van der Waals surface area contributed by atoms with Crippen molar-refractivity contribution in [2.75, 3.05) is 26.2 Å². The molecule has 116 valence electrons. The highest BCUT2D eigenvalue weighted by Gasteiger charge is 2.32. The predicted octanol–water partition coefficient (Wildman–Crippen LogP) is 1.98. The first kappa shape index (κ1) is 16.3. The number of nitrogens with zero attached hydrogens (tertiary/aromatic N) is 2. The lowest BCUT2D eigenvalue weighted by atomic mass is 9.98. The van der Waals surface area contributed by atoms with Crippen LogP contribution in [0.25, 0.3) is 0 Å². The molecule has 0 unspecified atom stereocenters. The quantitative estimate of drug-likeness (QED) is 0.447. The summed E-state index contributed by atoms with van der Waals surface area (Å²) in [5.41, 5.74) is 0. The molecule has 1 atom stereocenters. The van der Waals surface area contributed by atoms with Gasteiger partial charge in [-0.2, -0.15) is 0 Å². The smallest absolute Gasteiger partial charge is 0.310 e. The van der Waals surface area contributed by atoms with Crippen LogP contribution < -0.4 is 0 Å². The lowest BCUT2D eigenvalue weighted by molar-refractivity contribution is -0.149. The number of hydrogen-bond acceptors (Lipinski definition) is 6. The van der Waals surface area contributed by atoms with Gasteiger partial charge in [0.25, 0.3) is 5.91 Å². The molecule has 0 aromatic carbocycles. The highest BCUT2D eigenvalue weighted by Crippen LogP contribution is 2.31. The van der Waals surface area contributed by atoms with Crippen molar-refractivity contribution in [3.05, 3.63) is 11.1 Å². The van der Waals surface area contributed by atoms with Crippen LogP contribution in [0, 0.1) is 5.92 Å². The number of amides is 1. The lowest BCUT2D eigenvalue weighted by Crippen LogP contribution is -2.37. The molecular formula is C14H20N2O3S2. The van der Waals surface area contributed by atoms with Gasteiger partial charge in [0.05, 0.1) is 17.4 Å². The van der Waals surface area contributed by atoms with Crippen LogP contribution in [-0.2, 0) is 14.3 Å². The average Bonchev–Trinajstić information content (AvgIpc) is 2.73. The zero-order valence-corrected chi connectivity index (χ0v) is 14.0. The molecule has 2 aliphatic heterocycles. The van der Waals surface area contributed by atoms with Crippen molar-refractivity contribution in [2.45, 2.75) is 26.7 Å². The van der Waals surface area contributed by atoms with Crippen LogP contribution in [0.5, 0.6) is 0 Å². The van der Waals surface area contributed by atoms with Crippen LogP contribution in [0.15, 0.2) is 11.1 Å². The van der Waals surface area contributed by atoms with Crippen LogP contribution >= 0.6 is 24.0 Å². The summed E-state index contributed by atoms with van der Waals surface area (Å²) in [6.45, 7) is 6.18. The van der Waals surface area contributed by atoms with E-state index >= 15 is 0 Å². The van der Waals surface area contributed by atoms with Crippen LogP contribution in [0.1, 0.15) is 26.7 Å². The van der Waals surface area contributed by atoms with Gasteiger partial charge in [-0.05, 0) is 26.7 Å². The standard InChI is InChI=1S/C14H20N2O3S2/c1-3-16-12(17)11(21-14(16)20)9-15-7-5-6-10(8-15)13(18)19-4-2/h9-10H,3-8H2,1-2H3/b11-9+/t10-/m0/s1. The molecule has 5 nitrogen and oxygen atoms in total. The maximum absolute atomic E-state index is 12.2. The summed E-state index contributed by atoms with van der Waals surface area (Å²) < 4.78 is 5.69. The number of rotatable bonds is 4. The van der Waals surface area contributed by atoms with E-state index in [1.165, 1.54) is 11.8 Å². The number of carbonyl (C=O) groups is 2. The fourth-order valence-electron chi connectivity index (χ4n) is 2.51. The third-order valence-corrected chi connectivity index (χ3v) is 4.93. The fourth-order valence-corrected chi connectivity index (χ4v) is 3.90. The number of piperidine rings is 1. The highest BCUT2D eigenvalue weighted by atomic mass is 32.2. The van der Waals surface area contributed by atoms with Crippen LogP contribution in [0.3, 0.4) is 0 Å². The molecule has 0 saturated carbocycles. The molecule has 0 spiro atoms. The first-order valence-corrected chi connectivity index (χ1v) is 8.45. The minimum absolute atomic E-state index is 0.0363. The second kappa shape index (κ2) is 7.26. The zero-order chi connectivity index (χ0) is 15.4. The summed E-state index contributed by atoms with van der Waals surface area (Å²) in [5, 5.41) is 0. The molecule has 0 aromatic rings. The van der Waals surface area contributed by atoms with Crippen molar-refractivity contribution in [2.24, 2.45) is 5.92 Å². The second-order valence-electron chi connectivity index (χ2n) is 5.00. The summed E-state index contributed by atoms with van der Waals surface area (Å²) >= 11 is 6.53. The molecule has 0 aromatic heterocycles. The van der Waals surface area contributed by atoms with Crippen molar-refractivity contribution >= 4 is 40.2 Å². The van der Waals surface area contributed by atoms with E-state index in [0.717, 1.165) is 19.4 Å². The van der Waals surface area contributed by atoms with Crippen molar-refractivity contribution in [1.29, 1.82) is 0 Å². The molecular weight excluding hydrogens is 308 g/mol. The maximum Gasteiger partial charge on any atom is 0.310 e. The molecule has 21 heavy (non-hydrogen) atoms. The number of likely N-dealkylation sites (N-methyl/N-ethyl adjacent to an activating group) is 1. The van der Waals surface area contributed by atoms with Gasteiger partial charge in [-0.3, -0.25) is 14.5 Å². The van der Waals surface area contributed by atoms with E-state index in [2.05, 4.69) is 0 Å². The zero-order valence-electron chi connectivity index (χ0n) is 12.3. The Hall–Kier alpha value is -1.08.